The largest absolute Gasteiger partial charge is 0.493 e. The SMILES string of the molecule is COc1cc(C)c(CCNC(=O)/C=C/c2ccccc2)cc1OC. The fraction of sp³-hybridized carbons (Fsp3) is 0.250. The molecule has 0 saturated heterocycles. The van der Waals surface area contributed by atoms with E-state index in [0.717, 1.165) is 23.1 Å². The second kappa shape index (κ2) is 8.77. The summed E-state index contributed by atoms with van der Waals surface area (Å²) in [5, 5.41) is 2.90. The summed E-state index contributed by atoms with van der Waals surface area (Å²) in [7, 11) is 3.24. The van der Waals surface area contributed by atoms with Crippen LogP contribution in [0.4, 0.5) is 0 Å². The highest BCUT2D eigenvalue weighted by Crippen LogP contribution is 2.30. The molecule has 0 aromatic heterocycles. The second-order valence-electron chi connectivity index (χ2n) is 5.42. The Morgan fingerprint density at radius 2 is 1.75 bits per heavy atom. The zero-order valence-electron chi connectivity index (χ0n) is 14.3. The molecule has 0 bridgehead atoms. The van der Waals surface area contributed by atoms with Crippen molar-refractivity contribution in [2.75, 3.05) is 20.8 Å². The highest BCUT2D eigenvalue weighted by molar-refractivity contribution is 5.91. The number of benzene rings is 2. The van der Waals surface area contributed by atoms with Crippen molar-refractivity contribution in [2.24, 2.45) is 0 Å². The maximum absolute atomic E-state index is 11.9. The van der Waals surface area contributed by atoms with Crippen LogP contribution in [0.3, 0.4) is 0 Å². The molecule has 0 aliphatic heterocycles. The number of methoxy groups -OCH3 is 2. The highest BCUT2D eigenvalue weighted by Gasteiger charge is 2.08. The van der Waals surface area contributed by atoms with Crippen molar-refractivity contribution in [2.45, 2.75) is 13.3 Å². The molecule has 1 N–H and O–H groups in total. The van der Waals surface area contributed by atoms with Crippen LogP contribution in [0.5, 0.6) is 11.5 Å². The Kier molecular flexibility index (Phi) is 6.43. The molecule has 0 spiro atoms. The number of nitrogens with one attached hydrogen (secondary N) is 1. The number of aryl methyl sites for hydroxylation is 1. The summed E-state index contributed by atoms with van der Waals surface area (Å²) in [6.07, 6.45) is 4.09. The molecule has 4 heteroatoms. The third-order valence-corrected chi connectivity index (χ3v) is 3.76. The molecule has 2 rings (SSSR count). The van der Waals surface area contributed by atoms with E-state index in [9.17, 15) is 4.79 Å². The third-order valence-electron chi connectivity index (χ3n) is 3.76. The lowest BCUT2D eigenvalue weighted by Crippen LogP contribution is -2.23. The van der Waals surface area contributed by atoms with Crippen molar-refractivity contribution in [1.29, 1.82) is 0 Å². The van der Waals surface area contributed by atoms with Gasteiger partial charge in [-0.05, 0) is 48.2 Å². The summed E-state index contributed by atoms with van der Waals surface area (Å²) >= 11 is 0. The number of hydrogen-bond acceptors (Lipinski definition) is 3. The third kappa shape index (κ3) is 4.88. The first kappa shape index (κ1) is 17.6. The van der Waals surface area contributed by atoms with E-state index in [2.05, 4.69) is 5.32 Å². The number of carbonyl (C=O) groups excluding carboxylic acids is 1. The number of rotatable bonds is 7. The lowest BCUT2D eigenvalue weighted by atomic mass is 10.0. The van der Waals surface area contributed by atoms with Crippen molar-refractivity contribution in [3.05, 3.63) is 65.2 Å². The van der Waals surface area contributed by atoms with Gasteiger partial charge in [0.05, 0.1) is 14.2 Å². The maximum Gasteiger partial charge on any atom is 0.244 e. The maximum atomic E-state index is 11.9. The van der Waals surface area contributed by atoms with E-state index in [-0.39, 0.29) is 5.91 Å². The van der Waals surface area contributed by atoms with Gasteiger partial charge in [-0.1, -0.05) is 30.3 Å². The predicted octanol–water partition coefficient (Wildman–Crippen LogP) is 3.38. The van der Waals surface area contributed by atoms with Crippen LogP contribution in [-0.2, 0) is 11.2 Å². The number of carbonyl (C=O) groups is 1. The molecule has 0 heterocycles. The second-order valence-corrected chi connectivity index (χ2v) is 5.42. The van der Waals surface area contributed by atoms with Crippen molar-refractivity contribution in [3.63, 3.8) is 0 Å². The molecule has 126 valence electrons. The molecule has 24 heavy (non-hydrogen) atoms. The minimum atomic E-state index is -0.100. The number of ether oxygens (including phenoxy) is 2. The number of amides is 1. The van der Waals surface area contributed by atoms with E-state index in [1.165, 1.54) is 0 Å². The lowest BCUT2D eigenvalue weighted by molar-refractivity contribution is -0.116. The normalized spacial score (nSPS) is 10.6. The average molecular weight is 325 g/mol. The topological polar surface area (TPSA) is 47.6 Å². The van der Waals surface area contributed by atoms with E-state index in [1.54, 1.807) is 26.4 Å². The van der Waals surface area contributed by atoms with E-state index in [1.807, 2.05) is 49.4 Å². The number of hydrogen-bond donors (Lipinski definition) is 1. The van der Waals surface area contributed by atoms with E-state index in [0.29, 0.717) is 18.0 Å². The van der Waals surface area contributed by atoms with Gasteiger partial charge in [0.2, 0.25) is 5.91 Å². The molecule has 0 fully saturated rings. The molecular weight excluding hydrogens is 302 g/mol. The van der Waals surface area contributed by atoms with Gasteiger partial charge >= 0.3 is 0 Å². The Morgan fingerprint density at radius 3 is 2.42 bits per heavy atom. The molecule has 1 amide bonds. The molecule has 2 aromatic rings. The summed E-state index contributed by atoms with van der Waals surface area (Å²) in [5.41, 5.74) is 3.24. The van der Waals surface area contributed by atoms with Crippen LogP contribution < -0.4 is 14.8 Å². The molecule has 0 unspecified atom stereocenters. The average Bonchev–Trinajstić information content (AvgIpc) is 2.61. The van der Waals surface area contributed by atoms with E-state index < -0.39 is 0 Å². The zero-order valence-corrected chi connectivity index (χ0v) is 14.3. The van der Waals surface area contributed by atoms with Gasteiger partial charge in [0, 0.05) is 12.6 Å². The lowest BCUT2D eigenvalue weighted by Gasteiger charge is -2.12. The van der Waals surface area contributed by atoms with Crippen molar-refractivity contribution < 1.29 is 14.3 Å². The van der Waals surface area contributed by atoms with Gasteiger partial charge in [-0.2, -0.15) is 0 Å². The standard InChI is InChI=1S/C20H23NO3/c1-15-13-18(23-2)19(24-3)14-17(15)11-12-21-20(22)10-9-16-7-5-4-6-8-16/h4-10,13-14H,11-12H2,1-3H3,(H,21,22)/b10-9+. The van der Waals surface area contributed by atoms with Gasteiger partial charge in [-0.25, -0.2) is 0 Å². The molecule has 4 nitrogen and oxygen atoms in total. The predicted molar refractivity (Wildman–Crippen MR) is 96.5 cm³/mol. The first-order chi connectivity index (χ1) is 11.6. The van der Waals surface area contributed by atoms with Gasteiger partial charge < -0.3 is 14.8 Å². The fourth-order valence-corrected chi connectivity index (χ4v) is 2.41. The van der Waals surface area contributed by atoms with Crippen molar-refractivity contribution >= 4 is 12.0 Å². The Labute approximate surface area is 143 Å². The summed E-state index contributed by atoms with van der Waals surface area (Å²) in [5.74, 6) is 1.32. The first-order valence-electron chi connectivity index (χ1n) is 7.86. The van der Waals surface area contributed by atoms with Gasteiger partial charge in [-0.15, -0.1) is 0 Å². The molecule has 0 aliphatic rings. The van der Waals surface area contributed by atoms with Crippen LogP contribution in [0.2, 0.25) is 0 Å². The molecule has 0 aliphatic carbocycles. The minimum Gasteiger partial charge on any atom is -0.493 e. The fourth-order valence-electron chi connectivity index (χ4n) is 2.41. The monoisotopic (exact) mass is 325 g/mol. The van der Waals surface area contributed by atoms with Gasteiger partial charge in [0.1, 0.15) is 0 Å². The smallest absolute Gasteiger partial charge is 0.244 e. The van der Waals surface area contributed by atoms with Crippen LogP contribution in [0.15, 0.2) is 48.5 Å². The first-order valence-corrected chi connectivity index (χ1v) is 7.86. The van der Waals surface area contributed by atoms with Crippen LogP contribution in [0.25, 0.3) is 6.08 Å². The summed E-state index contributed by atoms with van der Waals surface area (Å²) in [4.78, 5) is 11.9. The van der Waals surface area contributed by atoms with Crippen molar-refractivity contribution in [3.8, 4) is 11.5 Å². The Morgan fingerprint density at radius 1 is 1.08 bits per heavy atom. The zero-order chi connectivity index (χ0) is 17.4. The Bertz CT molecular complexity index is 708. The Balaban J connectivity index is 1.90. The van der Waals surface area contributed by atoms with E-state index >= 15 is 0 Å². The van der Waals surface area contributed by atoms with Crippen LogP contribution in [-0.4, -0.2) is 26.7 Å². The summed E-state index contributed by atoms with van der Waals surface area (Å²) in [6.45, 7) is 2.59. The quantitative estimate of drug-likeness (QED) is 0.794. The van der Waals surface area contributed by atoms with Gasteiger partial charge in [0.15, 0.2) is 11.5 Å². The van der Waals surface area contributed by atoms with Gasteiger partial charge in [-0.3, -0.25) is 4.79 Å². The molecular formula is C20H23NO3. The van der Waals surface area contributed by atoms with Crippen LogP contribution >= 0.6 is 0 Å². The van der Waals surface area contributed by atoms with Crippen molar-refractivity contribution in [1.82, 2.24) is 5.32 Å². The Hall–Kier alpha value is -2.75. The highest BCUT2D eigenvalue weighted by atomic mass is 16.5. The van der Waals surface area contributed by atoms with E-state index in [4.69, 9.17) is 9.47 Å². The molecule has 0 saturated carbocycles. The van der Waals surface area contributed by atoms with Crippen LogP contribution in [0.1, 0.15) is 16.7 Å². The summed E-state index contributed by atoms with van der Waals surface area (Å²) < 4.78 is 10.6. The van der Waals surface area contributed by atoms with Crippen LogP contribution in [0, 0.1) is 6.92 Å². The van der Waals surface area contributed by atoms with Gasteiger partial charge in [0.25, 0.3) is 0 Å². The molecule has 0 atom stereocenters. The summed E-state index contributed by atoms with van der Waals surface area (Å²) in [6, 6.07) is 13.6. The minimum absolute atomic E-state index is 0.100. The molecule has 2 aromatic carbocycles. The molecule has 0 radical (unpaired) electrons.